The number of rotatable bonds is 2. The van der Waals surface area contributed by atoms with E-state index in [0.717, 1.165) is 18.2 Å². The summed E-state index contributed by atoms with van der Waals surface area (Å²) in [4.78, 5) is 2.46. The molecule has 0 radical (unpaired) electrons. The number of hydrogen-bond acceptors (Lipinski definition) is 3. The van der Waals surface area contributed by atoms with E-state index < -0.39 is 0 Å². The van der Waals surface area contributed by atoms with Gasteiger partial charge < -0.3 is 4.52 Å². The topological polar surface area (TPSA) is 29.3 Å². The molecule has 2 rings (SSSR count). The second-order valence-electron chi connectivity index (χ2n) is 4.11. The first-order valence-corrected chi connectivity index (χ1v) is 4.89. The first kappa shape index (κ1) is 8.75. The number of likely N-dealkylation sites (tertiary alicyclic amines) is 1. The lowest BCUT2D eigenvalue weighted by Crippen LogP contribution is -2.26. The summed E-state index contributed by atoms with van der Waals surface area (Å²) in [6.45, 7) is 6.71. The molecule has 0 spiro atoms. The molecular formula is C10H16N2O. The minimum atomic E-state index is 0.687. The van der Waals surface area contributed by atoms with Gasteiger partial charge >= 0.3 is 0 Å². The second-order valence-corrected chi connectivity index (χ2v) is 4.11. The van der Waals surface area contributed by atoms with Gasteiger partial charge in [-0.05, 0) is 19.3 Å². The molecule has 1 aliphatic heterocycles. The van der Waals surface area contributed by atoms with Crippen molar-refractivity contribution in [1.82, 2.24) is 10.1 Å². The highest BCUT2D eigenvalue weighted by atomic mass is 16.5. The Bertz CT molecular complexity index is 258. The van der Waals surface area contributed by atoms with Crippen LogP contribution in [-0.4, -0.2) is 22.6 Å². The molecule has 72 valence electrons. The SMILES string of the molecule is CC1CC(C)N(Cc2ccon2)C1. The molecule has 0 N–H and O–H groups in total. The minimum absolute atomic E-state index is 0.687. The lowest BCUT2D eigenvalue weighted by atomic mass is 10.1. The highest BCUT2D eigenvalue weighted by Gasteiger charge is 2.26. The van der Waals surface area contributed by atoms with Gasteiger partial charge in [0.05, 0.1) is 5.69 Å². The Labute approximate surface area is 78.7 Å². The van der Waals surface area contributed by atoms with Gasteiger partial charge in [0.2, 0.25) is 0 Å². The summed E-state index contributed by atoms with van der Waals surface area (Å²) in [6, 6.07) is 2.63. The molecule has 0 aliphatic carbocycles. The van der Waals surface area contributed by atoms with Crippen molar-refractivity contribution >= 4 is 0 Å². The molecule has 0 aromatic carbocycles. The molecule has 0 bridgehead atoms. The third-order valence-corrected chi connectivity index (χ3v) is 2.77. The standard InChI is InChI=1S/C10H16N2O/c1-8-5-9(2)12(6-8)7-10-3-4-13-11-10/h3-4,8-9H,5-7H2,1-2H3. The van der Waals surface area contributed by atoms with Gasteiger partial charge in [0.15, 0.2) is 0 Å². The van der Waals surface area contributed by atoms with Crippen molar-refractivity contribution in [3.05, 3.63) is 18.0 Å². The Balaban J connectivity index is 1.95. The van der Waals surface area contributed by atoms with E-state index in [-0.39, 0.29) is 0 Å². The highest BCUT2D eigenvalue weighted by molar-refractivity contribution is 4.96. The molecule has 2 atom stereocenters. The molecule has 13 heavy (non-hydrogen) atoms. The molecule has 1 aromatic rings. The van der Waals surface area contributed by atoms with Gasteiger partial charge in [0, 0.05) is 25.2 Å². The zero-order valence-corrected chi connectivity index (χ0v) is 8.23. The van der Waals surface area contributed by atoms with E-state index in [2.05, 4.69) is 23.9 Å². The average Bonchev–Trinajstić information content (AvgIpc) is 2.63. The maximum Gasteiger partial charge on any atom is 0.124 e. The van der Waals surface area contributed by atoms with E-state index in [0.29, 0.717) is 6.04 Å². The maximum absolute atomic E-state index is 4.81. The normalized spacial score (nSPS) is 29.7. The Hall–Kier alpha value is -0.830. The van der Waals surface area contributed by atoms with Crippen LogP contribution in [0.1, 0.15) is 26.0 Å². The number of hydrogen-bond donors (Lipinski definition) is 0. The predicted octanol–water partition coefficient (Wildman–Crippen LogP) is 1.90. The van der Waals surface area contributed by atoms with Gasteiger partial charge in [-0.15, -0.1) is 0 Å². The molecule has 3 heteroatoms. The van der Waals surface area contributed by atoms with Crippen molar-refractivity contribution in [3.8, 4) is 0 Å². The molecule has 2 unspecified atom stereocenters. The molecule has 1 saturated heterocycles. The van der Waals surface area contributed by atoms with Gasteiger partial charge in [-0.1, -0.05) is 12.1 Å². The zero-order chi connectivity index (χ0) is 9.26. The molecule has 1 aromatic heterocycles. The average molecular weight is 180 g/mol. The van der Waals surface area contributed by atoms with Gasteiger partial charge in [-0.2, -0.15) is 0 Å². The Kier molecular flexibility index (Phi) is 2.36. The summed E-state index contributed by atoms with van der Waals surface area (Å²) in [5.74, 6) is 0.821. The fraction of sp³-hybridized carbons (Fsp3) is 0.700. The summed E-state index contributed by atoms with van der Waals surface area (Å²) in [5, 5.41) is 3.92. The molecule has 0 saturated carbocycles. The van der Waals surface area contributed by atoms with E-state index in [1.165, 1.54) is 13.0 Å². The van der Waals surface area contributed by atoms with Gasteiger partial charge in [-0.25, -0.2) is 0 Å². The highest BCUT2D eigenvalue weighted by Crippen LogP contribution is 2.23. The smallest absolute Gasteiger partial charge is 0.124 e. The van der Waals surface area contributed by atoms with Crippen LogP contribution in [0.5, 0.6) is 0 Å². The molecule has 3 nitrogen and oxygen atoms in total. The summed E-state index contributed by atoms with van der Waals surface area (Å²) in [6.07, 6.45) is 2.94. The first-order chi connectivity index (χ1) is 6.25. The third kappa shape index (κ3) is 1.91. The van der Waals surface area contributed by atoms with Crippen LogP contribution in [0, 0.1) is 5.92 Å². The van der Waals surface area contributed by atoms with E-state index in [1.54, 1.807) is 6.26 Å². The summed E-state index contributed by atoms with van der Waals surface area (Å²) >= 11 is 0. The van der Waals surface area contributed by atoms with Crippen molar-refractivity contribution in [3.63, 3.8) is 0 Å². The van der Waals surface area contributed by atoms with Crippen LogP contribution in [-0.2, 0) is 6.54 Å². The van der Waals surface area contributed by atoms with Crippen LogP contribution >= 0.6 is 0 Å². The van der Waals surface area contributed by atoms with Crippen LogP contribution < -0.4 is 0 Å². The van der Waals surface area contributed by atoms with Crippen LogP contribution in [0.25, 0.3) is 0 Å². The van der Waals surface area contributed by atoms with Crippen LogP contribution in [0.15, 0.2) is 16.9 Å². The Morgan fingerprint density at radius 3 is 3.00 bits per heavy atom. The lowest BCUT2D eigenvalue weighted by molar-refractivity contribution is 0.248. The maximum atomic E-state index is 4.81. The zero-order valence-electron chi connectivity index (χ0n) is 8.23. The number of aromatic nitrogens is 1. The molecule has 1 fully saturated rings. The summed E-state index contributed by atoms with van der Waals surface area (Å²) in [7, 11) is 0. The van der Waals surface area contributed by atoms with Crippen molar-refractivity contribution < 1.29 is 4.52 Å². The van der Waals surface area contributed by atoms with E-state index >= 15 is 0 Å². The number of nitrogens with zero attached hydrogens (tertiary/aromatic N) is 2. The minimum Gasteiger partial charge on any atom is -0.364 e. The Morgan fingerprint density at radius 1 is 1.62 bits per heavy atom. The monoisotopic (exact) mass is 180 g/mol. The van der Waals surface area contributed by atoms with Crippen molar-refractivity contribution in [2.75, 3.05) is 6.54 Å². The largest absolute Gasteiger partial charge is 0.364 e. The molecule has 1 aliphatic rings. The summed E-state index contributed by atoms with van der Waals surface area (Å²) < 4.78 is 4.81. The van der Waals surface area contributed by atoms with Crippen molar-refractivity contribution in [2.24, 2.45) is 5.92 Å². The second kappa shape index (κ2) is 3.50. The Morgan fingerprint density at radius 2 is 2.46 bits per heavy atom. The van der Waals surface area contributed by atoms with Gasteiger partial charge in [0.25, 0.3) is 0 Å². The molecule has 2 heterocycles. The van der Waals surface area contributed by atoms with E-state index in [9.17, 15) is 0 Å². The van der Waals surface area contributed by atoms with Crippen LogP contribution in [0.2, 0.25) is 0 Å². The summed E-state index contributed by atoms with van der Waals surface area (Å²) in [5.41, 5.74) is 1.04. The van der Waals surface area contributed by atoms with Crippen molar-refractivity contribution in [1.29, 1.82) is 0 Å². The van der Waals surface area contributed by atoms with Crippen molar-refractivity contribution in [2.45, 2.75) is 32.9 Å². The van der Waals surface area contributed by atoms with Crippen LogP contribution in [0.4, 0.5) is 0 Å². The van der Waals surface area contributed by atoms with E-state index in [4.69, 9.17) is 4.52 Å². The quantitative estimate of drug-likeness (QED) is 0.696. The van der Waals surface area contributed by atoms with Gasteiger partial charge in [0.1, 0.15) is 6.26 Å². The van der Waals surface area contributed by atoms with Gasteiger partial charge in [-0.3, -0.25) is 4.90 Å². The first-order valence-electron chi connectivity index (χ1n) is 4.89. The van der Waals surface area contributed by atoms with E-state index in [1.807, 2.05) is 6.07 Å². The van der Waals surface area contributed by atoms with Crippen LogP contribution in [0.3, 0.4) is 0 Å². The fourth-order valence-corrected chi connectivity index (χ4v) is 2.13. The fourth-order valence-electron chi connectivity index (χ4n) is 2.13. The molecule has 0 amide bonds. The third-order valence-electron chi connectivity index (χ3n) is 2.77. The predicted molar refractivity (Wildman–Crippen MR) is 50.2 cm³/mol. The lowest BCUT2D eigenvalue weighted by Gasteiger charge is -2.18. The molecular weight excluding hydrogens is 164 g/mol.